The van der Waals surface area contributed by atoms with Crippen LogP contribution in [-0.2, 0) is 22.2 Å². The molecular weight excluding hydrogens is 453 g/mol. The van der Waals surface area contributed by atoms with Gasteiger partial charge in [-0.3, -0.25) is 0 Å². The van der Waals surface area contributed by atoms with E-state index in [1.54, 1.807) is 0 Å². The van der Waals surface area contributed by atoms with Gasteiger partial charge >= 0.3 is 12.4 Å². The molecule has 4 nitrogen and oxygen atoms in total. The highest BCUT2D eigenvalue weighted by atomic mass is 32.2. The second-order valence-electron chi connectivity index (χ2n) is 6.74. The number of rotatable bonds is 3. The SMILES string of the molecule is Cc1cc(-c2cc(C(F)(F)F)nn2-c2ccc(S(C)(=O)=O)c(F)c2)ccc1C(F)(F)F. The van der Waals surface area contributed by atoms with E-state index in [-0.39, 0.29) is 22.5 Å². The van der Waals surface area contributed by atoms with Crippen molar-refractivity contribution in [2.24, 2.45) is 0 Å². The highest BCUT2D eigenvalue weighted by Crippen LogP contribution is 2.37. The molecular formula is C19H13F7N2O2S. The van der Waals surface area contributed by atoms with Crippen LogP contribution in [-0.4, -0.2) is 24.5 Å². The van der Waals surface area contributed by atoms with Crippen molar-refractivity contribution in [3.63, 3.8) is 0 Å². The van der Waals surface area contributed by atoms with Gasteiger partial charge in [0.15, 0.2) is 15.5 Å². The summed E-state index contributed by atoms with van der Waals surface area (Å²) in [4.78, 5) is -0.661. The Hall–Kier alpha value is -2.89. The normalized spacial score (nSPS) is 12.9. The van der Waals surface area contributed by atoms with E-state index < -0.39 is 44.2 Å². The Bertz CT molecular complexity index is 1260. The fraction of sp³-hybridized carbons (Fsp3) is 0.211. The van der Waals surface area contributed by atoms with Crippen LogP contribution in [0, 0.1) is 12.7 Å². The maximum Gasteiger partial charge on any atom is 0.435 e. The standard InChI is InChI=1S/C19H13F7N2O2S/c1-10-7-11(3-5-13(10)18(21,22)23)15-9-17(19(24,25)26)27-28(15)12-4-6-16(14(20)8-12)31(2,29)30/h3-9H,1-2H3. The maximum absolute atomic E-state index is 14.3. The van der Waals surface area contributed by atoms with Gasteiger partial charge in [0.25, 0.3) is 0 Å². The number of sulfone groups is 1. The van der Waals surface area contributed by atoms with Gasteiger partial charge in [0, 0.05) is 17.9 Å². The molecule has 0 saturated carbocycles. The minimum absolute atomic E-state index is 0.0268. The summed E-state index contributed by atoms with van der Waals surface area (Å²) in [5.74, 6) is -1.21. The van der Waals surface area contributed by atoms with Gasteiger partial charge in [-0.2, -0.15) is 31.4 Å². The summed E-state index contributed by atoms with van der Waals surface area (Å²) >= 11 is 0. The van der Waals surface area contributed by atoms with Crippen LogP contribution < -0.4 is 0 Å². The van der Waals surface area contributed by atoms with Crippen molar-refractivity contribution in [2.45, 2.75) is 24.2 Å². The minimum atomic E-state index is -4.88. The fourth-order valence-electron chi connectivity index (χ4n) is 2.99. The summed E-state index contributed by atoms with van der Waals surface area (Å²) in [5, 5.41) is 3.42. The van der Waals surface area contributed by atoms with Crippen LogP contribution in [0.5, 0.6) is 0 Å². The molecule has 0 unspecified atom stereocenters. The molecule has 31 heavy (non-hydrogen) atoms. The molecule has 2 aromatic carbocycles. The third-order valence-corrected chi connectivity index (χ3v) is 5.52. The number of aromatic nitrogens is 2. The van der Waals surface area contributed by atoms with Gasteiger partial charge < -0.3 is 0 Å². The third kappa shape index (κ3) is 4.58. The zero-order chi connectivity index (χ0) is 23.4. The van der Waals surface area contributed by atoms with Gasteiger partial charge in [-0.15, -0.1) is 0 Å². The maximum atomic E-state index is 14.3. The topological polar surface area (TPSA) is 52.0 Å². The van der Waals surface area contributed by atoms with Gasteiger partial charge in [-0.05, 0) is 42.8 Å². The van der Waals surface area contributed by atoms with Crippen LogP contribution in [0.25, 0.3) is 16.9 Å². The number of halogens is 7. The number of nitrogens with zero attached hydrogens (tertiary/aromatic N) is 2. The lowest BCUT2D eigenvalue weighted by Gasteiger charge is -2.13. The van der Waals surface area contributed by atoms with Crippen molar-refractivity contribution in [2.75, 3.05) is 6.26 Å². The smallest absolute Gasteiger partial charge is 0.232 e. The number of benzene rings is 2. The van der Waals surface area contributed by atoms with Gasteiger partial charge in [0.1, 0.15) is 10.7 Å². The van der Waals surface area contributed by atoms with Crippen molar-refractivity contribution >= 4 is 9.84 Å². The van der Waals surface area contributed by atoms with E-state index in [0.29, 0.717) is 16.8 Å². The molecule has 0 saturated heterocycles. The number of hydrogen-bond acceptors (Lipinski definition) is 3. The Kier molecular flexibility index (Phi) is 5.41. The highest BCUT2D eigenvalue weighted by molar-refractivity contribution is 7.90. The Morgan fingerprint density at radius 2 is 1.55 bits per heavy atom. The zero-order valence-corrected chi connectivity index (χ0v) is 16.6. The molecule has 3 aromatic rings. The minimum Gasteiger partial charge on any atom is -0.232 e. The third-order valence-electron chi connectivity index (χ3n) is 4.39. The Morgan fingerprint density at radius 1 is 0.903 bits per heavy atom. The average Bonchev–Trinajstić information content (AvgIpc) is 3.05. The second kappa shape index (κ2) is 7.36. The number of aryl methyl sites for hydroxylation is 1. The summed E-state index contributed by atoms with van der Waals surface area (Å²) in [6.07, 6.45) is -8.77. The molecule has 12 heteroatoms. The molecule has 0 spiro atoms. The van der Waals surface area contributed by atoms with Crippen LogP contribution in [0.4, 0.5) is 30.7 Å². The second-order valence-corrected chi connectivity index (χ2v) is 8.72. The summed E-state index contributed by atoms with van der Waals surface area (Å²) in [6, 6.07) is 5.96. The molecule has 0 N–H and O–H groups in total. The van der Waals surface area contributed by atoms with Gasteiger partial charge in [-0.25, -0.2) is 17.5 Å². The van der Waals surface area contributed by atoms with Crippen molar-refractivity contribution in [3.8, 4) is 16.9 Å². The first kappa shape index (κ1) is 22.8. The van der Waals surface area contributed by atoms with Crippen LogP contribution in [0.1, 0.15) is 16.8 Å². The molecule has 1 aromatic heterocycles. The highest BCUT2D eigenvalue weighted by Gasteiger charge is 2.36. The van der Waals surface area contributed by atoms with E-state index in [0.717, 1.165) is 43.5 Å². The van der Waals surface area contributed by atoms with Gasteiger partial charge in [-0.1, -0.05) is 6.07 Å². The van der Waals surface area contributed by atoms with Crippen LogP contribution in [0.15, 0.2) is 47.4 Å². The number of alkyl halides is 6. The van der Waals surface area contributed by atoms with Crippen LogP contribution in [0.3, 0.4) is 0 Å². The Morgan fingerprint density at radius 3 is 2.03 bits per heavy atom. The molecule has 1 heterocycles. The molecule has 0 aliphatic heterocycles. The first-order chi connectivity index (χ1) is 14.1. The summed E-state index contributed by atoms with van der Waals surface area (Å²) in [7, 11) is -3.93. The fourth-order valence-corrected chi connectivity index (χ4v) is 3.71. The Balaban J connectivity index is 2.22. The van der Waals surface area contributed by atoms with E-state index in [9.17, 15) is 39.2 Å². The largest absolute Gasteiger partial charge is 0.435 e. The molecule has 3 rings (SSSR count). The molecule has 0 fully saturated rings. The summed E-state index contributed by atoms with van der Waals surface area (Å²) in [6.45, 7) is 1.15. The van der Waals surface area contributed by atoms with Gasteiger partial charge in [0.05, 0.1) is 16.9 Å². The summed E-state index contributed by atoms with van der Waals surface area (Å²) < 4.78 is 117. The molecule has 0 atom stereocenters. The van der Waals surface area contributed by atoms with E-state index in [1.807, 2.05) is 0 Å². The number of hydrogen-bond donors (Lipinski definition) is 0. The van der Waals surface area contributed by atoms with Crippen molar-refractivity contribution < 1.29 is 39.2 Å². The molecule has 0 bridgehead atoms. The monoisotopic (exact) mass is 466 g/mol. The average molecular weight is 466 g/mol. The Labute approximate surface area is 171 Å². The molecule has 0 radical (unpaired) electrons. The van der Waals surface area contributed by atoms with Crippen molar-refractivity contribution in [1.82, 2.24) is 9.78 Å². The van der Waals surface area contributed by atoms with Crippen molar-refractivity contribution in [1.29, 1.82) is 0 Å². The summed E-state index contributed by atoms with van der Waals surface area (Å²) in [5.41, 5.74) is -3.07. The van der Waals surface area contributed by atoms with E-state index in [4.69, 9.17) is 0 Å². The molecule has 0 aliphatic rings. The van der Waals surface area contributed by atoms with Crippen molar-refractivity contribution in [3.05, 3.63) is 65.1 Å². The molecule has 166 valence electrons. The van der Waals surface area contributed by atoms with E-state index in [1.165, 1.54) is 0 Å². The van der Waals surface area contributed by atoms with Crippen LogP contribution in [0.2, 0.25) is 0 Å². The molecule has 0 amide bonds. The zero-order valence-electron chi connectivity index (χ0n) is 15.8. The first-order valence-corrected chi connectivity index (χ1v) is 10.3. The lowest BCUT2D eigenvalue weighted by atomic mass is 10.0. The predicted molar refractivity (Wildman–Crippen MR) is 96.8 cm³/mol. The first-order valence-electron chi connectivity index (χ1n) is 8.44. The quantitative estimate of drug-likeness (QED) is 0.484. The lowest BCUT2D eigenvalue weighted by molar-refractivity contribution is -0.141. The van der Waals surface area contributed by atoms with Crippen LogP contribution >= 0.6 is 0 Å². The van der Waals surface area contributed by atoms with E-state index in [2.05, 4.69) is 5.10 Å². The van der Waals surface area contributed by atoms with E-state index >= 15 is 0 Å². The lowest BCUT2D eigenvalue weighted by Crippen LogP contribution is -2.09. The van der Waals surface area contributed by atoms with Gasteiger partial charge in [0.2, 0.25) is 0 Å². The molecule has 0 aliphatic carbocycles. The predicted octanol–water partition coefficient (Wildman–Crippen LogP) is 5.43.